The van der Waals surface area contributed by atoms with Crippen LogP contribution in [0.4, 0.5) is 11.4 Å². The third-order valence-corrected chi connectivity index (χ3v) is 5.18. The molecule has 156 valence electrons. The van der Waals surface area contributed by atoms with Gasteiger partial charge in [0.15, 0.2) is 0 Å². The normalized spacial score (nSPS) is 11.8. The second-order valence-electron chi connectivity index (χ2n) is 7.87. The number of hydrogen-bond acceptors (Lipinski definition) is 5. The van der Waals surface area contributed by atoms with Crippen LogP contribution in [-0.4, -0.2) is 26.4 Å². The van der Waals surface area contributed by atoms with Gasteiger partial charge in [-0.1, -0.05) is 26.8 Å². The fourth-order valence-electron chi connectivity index (χ4n) is 2.23. The highest BCUT2D eigenvalue weighted by atomic mass is 32.2. The van der Waals surface area contributed by atoms with Gasteiger partial charge in [0.1, 0.15) is 0 Å². The first kappa shape index (κ1) is 22.4. The van der Waals surface area contributed by atoms with Crippen molar-refractivity contribution in [2.75, 3.05) is 10.0 Å². The van der Waals surface area contributed by atoms with Gasteiger partial charge in [0.05, 0.1) is 16.6 Å². The Morgan fingerprint density at radius 1 is 0.966 bits per heavy atom. The fourth-order valence-corrected chi connectivity index (χ4v) is 3.33. The number of amides is 1. The number of benzene rings is 2. The maximum atomic E-state index is 12.7. The number of carbonyl (C=O) groups excluding carboxylic acids is 2. The average Bonchev–Trinajstić information content (AvgIpc) is 2.62. The molecule has 0 spiro atoms. The van der Waals surface area contributed by atoms with E-state index in [0.29, 0.717) is 11.4 Å². The van der Waals surface area contributed by atoms with E-state index < -0.39 is 21.4 Å². The molecule has 0 fully saturated rings. The van der Waals surface area contributed by atoms with Crippen LogP contribution in [0.1, 0.15) is 45.0 Å². The second-order valence-corrected chi connectivity index (χ2v) is 9.55. The maximum Gasteiger partial charge on any atom is 0.338 e. The molecule has 0 radical (unpaired) electrons. The number of sulfonamides is 1. The number of carbonyl (C=O) groups is 2. The minimum atomic E-state index is -3.90. The summed E-state index contributed by atoms with van der Waals surface area (Å²) in [6.07, 6.45) is -0.307. The Balaban J connectivity index is 2.15. The Hall–Kier alpha value is -2.87. The zero-order chi connectivity index (χ0) is 21.8. The summed E-state index contributed by atoms with van der Waals surface area (Å²) in [6, 6.07) is 12.0. The van der Waals surface area contributed by atoms with Gasteiger partial charge >= 0.3 is 5.97 Å². The Morgan fingerprint density at radius 2 is 1.55 bits per heavy atom. The van der Waals surface area contributed by atoms with Gasteiger partial charge in [0, 0.05) is 16.8 Å². The molecular formula is C21H26N2O5S. The molecule has 8 heteroatoms. The van der Waals surface area contributed by atoms with E-state index in [9.17, 15) is 18.0 Å². The van der Waals surface area contributed by atoms with Gasteiger partial charge in [-0.05, 0) is 56.3 Å². The molecule has 0 aliphatic carbocycles. The van der Waals surface area contributed by atoms with Crippen LogP contribution in [0.25, 0.3) is 0 Å². The molecule has 0 unspecified atom stereocenters. The molecule has 0 atom stereocenters. The van der Waals surface area contributed by atoms with Gasteiger partial charge in [0.25, 0.3) is 10.0 Å². The minimum absolute atomic E-state index is 0.0548. The van der Waals surface area contributed by atoms with Crippen molar-refractivity contribution in [2.45, 2.75) is 45.6 Å². The molecule has 2 rings (SSSR count). The van der Waals surface area contributed by atoms with E-state index in [1.807, 2.05) is 0 Å². The topological polar surface area (TPSA) is 102 Å². The Kier molecular flexibility index (Phi) is 6.69. The van der Waals surface area contributed by atoms with Crippen molar-refractivity contribution in [3.05, 3.63) is 54.1 Å². The SMILES string of the molecule is CC(C)OC(=O)c1cccc(S(=O)(=O)Nc2ccc(NC(=O)C(C)(C)C)cc2)c1. The molecule has 7 nitrogen and oxygen atoms in total. The van der Waals surface area contributed by atoms with E-state index in [4.69, 9.17) is 4.74 Å². The van der Waals surface area contributed by atoms with Crippen molar-refractivity contribution in [3.63, 3.8) is 0 Å². The Labute approximate surface area is 171 Å². The van der Waals surface area contributed by atoms with Crippen molar-refractivity contribution < 1.29 is 22.7 Å². The van der Waals surface area contributed by atoms with Crippen molar-refractivity contribution in [3.8, 4) is 0 Å². The smallest absolute Gasteiger partial charge is 0.338 e. The van der Waals surface area contributed by atoms with E-state index in [1.165, 1.54) is 24.3 Å². The number of rotatable bonds is 6. The highest BCUT2D eigenvalue weighted by Gasteiger charge is 2.21. The zero-order valence-corrected chi connectivity index (χ0v) is 18.0. The van der Waals surface area contributed by atoms with Crippen molar-refractivity contribution >= 4 is 33.3 Å². The summed E-state index contributed by atoms with van der Waals surface area (Å²) in [5, 5.41) is 2.77. The highest BCUT2D eigenvalue weighted by molar-refractivity contribution is 7.92. The maximum absolute atomic E-state index is 12.7. The van der Waals surface area contributed by atoms with Crippen LogP contribution in [0.3, 0.4) is 0 Å². The predicted molar refractivity (Wildman–Crippen MR) is 112 cm³/mol. The van der Waals surface area contributed by atoms with Gasteiger partial charge in [-0.25, -0.2) is 13.2 Å². The lowest BCUT2D eigenvalue weighted by molar-refractivity contribution is -0.123. The molecular weight excluding hydrogens is 392 g/mol. The summed E-state index contributed by atoms with van der Waals surface area (Å²) in [7, 11) is -3.90. The van der Waals surface area contributed by atoms with E-state index >= 15 is 0 Å². The molecule has 2 aromatic carbocycles. The molecule has 0 saturated carbocycles. The van der Waals surface area contributed by atoms with Gasteiger partial charge < -0.3 is 10.1 Å². The first-order chi connectivity index (χ1) is 13.4. The molecule has 2 aromatic rings. The molecule has 0 aliphatic rings. The highest BCUT2D eigenvalue weighted by Crippen LogP contribution is 2.21. The van der Waals surface area contributed by atoms with Crippen LogP contribution < -0.4 is 10.0 Å². The second kappa shape index (κ2) is 8.65. The summed E-state index contributed by atoms with van der Waals surface area (Å²) in [5.74, 6) is -0.730. The van der Waals surface area contributed by atoms with Crippen LogP contribution in [0.5, 0.6) is 0 Å². The summed E-state index contributed by atoms with van der Waals surface area (Å²) in [4.78, 5) is 24.0. The third-order valence-electron chi connectivity index (χ3n) is 3.80. The van der Waals surface area contributed by atoms with Crippen molar-refractivity contribution in [1.82, 2.24) is 0 Å². The summed E-state index contributed by atoms with van der Waals surface area (Å²) >= 11 is 0. The molecule has 2 N–H and O–H groups in total. The lowest BCUT2D eigenvalue weighted by Crippen LogP contribution is -2.27. The van der Waals surface area contributed by atoms with E-state index in [2.05, 4.69) is 10.0 Å². The van der Waals surface area contributed by atoms with E-state index in [0.717, 1.165) is 0 Å². The quantitative estimate of drug-likeness (QED) is 0.690. The molecule has 0 saturated heterocycles. The summed E-state index contributed by atoms with van der Waals surface area (Å²) in [5.41, 5.74) is 0.504. The molecule has 0 aromatic heterocycles. The third kappa shape index (κ3) is 6.32. The number of anilines is 2. The number of hydrogen-bond donors (Lipinski definition) is 2. The number of esters is 1. The monoisotopic (exact) mass is 418 g/mol. The Morgan fingerprint density at radius 3 is 2.10 bits per heavy atom. The van der Waals surface area contributed by atoms with Crippen LogP contribution in [0.15, 0.2) is 53.4 Å². The van der Waals surface area contributed by atoms with E-state index in [-0.39, 0.29) is 22.5 Å². The molecule has 29 heavy (non-hydrogen) atoms. The predicted octanol–water partition coefficient (Wildman–Crippen LogP) is 4.04. The minimum Gasteiger partial charge on any atom is -0.459 e. The summed E-state index contributed by atoms with van der Waals surface area (Å²) in [6.45, 7) is 8.84. The van der Waals surface area contributed by atoms with Crippen LogP contribution in [0, 0.1) is 5.41 Å². The number of nitrogens with one attached hydrogen (secondary N) is 2. The molecule has 1 amide bonds. The first-order valence-electron chi connectivity index (χ1n) is 9.14. The standard InChI is InChI=1S/C21H26N2O5S/c1-14(2)28-19(24)15-7-6-8-18(13-15)29(26,27)23-17-11-9-16(10-12-17)22-20(25)21(3,4)5/h6-14,23H,1-5H3,(H,22,25). The van der Waals surface area contributed by atoms with Crippen LogP contribution >= 0.6 is 0 Å². The lowest BCUT2D eigenvalue weighted by Gasteiger charge is -2.17. The average molecular weight is 419 g/mol. The van der Waals surface area contributed by atoms with Gasteiger partial charge in [-0.15, -0.1) is 0 Å². The van der Waals surface area contributed by atoms with Crippen molar-refractivity contribution in [1.29, 1.82) is 0 Å². The van der Waals surface area contributed by atoms with Gasteiger partial charge in [-0.2, -0.15) is 0 Å². The number of ether oxygens (including phenoxy) is 1. The Bertz CT molecular complexity index is 990. The molecule has 0 aliphatic heterocycles. The lowest BCUT2D eigenvalue weighted by atomic mass is 9.95. The fraction of sp³-hybridized carbons (Fsp3) is 0.333. The molecule has 0 heterocycles. The van der Waals surface area contributed by atoms with Gasteiger partial charge in [0.2, 0.25) is 5.91 Å². The van der Waals surface area contributed by atoms with Crippen LogP contribution in [0.2, 0.25) is 0 Å². The first-order valence-corrected chi connectivity index (χ1v) is 10.6. The van der Waals surface area contributed by atoms with Crippen LogP contribution in [-0.2, 0) is 19.6 Å². The zero-order valence-electron chi connectivity index (χ0n) is 17.1. The van der Waals surface area contributed by atoms with Crippen molar-refractivity contribution in [2.24, 2.45) is 5.41 Å². The summed E-state index contributed by atoms with van der Waals surface area (Å²) < 4.78 is 32.9. The van der Waals surface area contributed by atoms with Gasteiger partial charge in [-0.3, -0.25) is 9.52 Å². The largest absolute Gasteiger partial charge is 0.459 e. The molecule has 0 bridgehead atoms. The van der Waals surface area contributed by atoms with E-state index in [1.54, 1.807) is 58.9 Å².